The molecule has 0 N–H and O–H groups in total. The molecular formula is C6H18Cl4O2P2Te. The van der Waals surface area contributed by atoms with Crippen molar-refractivity contribution in [2.45, 2.75) is 0 Å². The minimum absolute atomic E-state index is 1.64. The van der Waals surface area contributed by atoms with Gasteiger partial charge in [0.15, 0.2) is 0 Å². The fraction of sp³-hybridized carbons (Fsp3) is 1.00. The summed E-state index contributed by atoms with van der Waals surface area (Å²) in [6.45, 7) is 10.5. The summed E-state index contributed by atoms with van der Waals surface area (Å²) in [5.41, 5.74) is 0. The van der Waals surface area contributed by atoms with E-state index in [-0.39, 0.29) is 0 Å². The van der Waals surface area contributed by atoms with E-state index in [9.17, 15) is 9.13 Å². The summed E-state index contributed by atoms with van der Waals surface area (Å²) in [5.74, 6) is 0. The van der Waals surface area contributed by atoms with Crippen LogP contribution in [0, 0.1) is 0 Å². The summed E-state index contributed by atoms with van der Waals surface area (Å²) in [5, 5.41) is 0. The predicted molar refractivity (Wildman–Crippen MR) is 79.9 cm³/mol. The summed E-state index contributed by atoms with van der Waals surface area (Å²) >= 11 is -3.13. The van der Waals surface area contributed by atoms with Crippen LogP contribution in [0.5, 0.6) is 0 Å². The molecule has 0 unspecified atom stereocenters. The van der Waals surface area contributed by atoms with Crippen LogP contribution in [0.2, 0.25) is 0 Å². The molecule has 0 saturated heterocycles. The molecule has 0 heterocycles. The zero-order valence-electron chi connectivity index (χ0n) is 9.63. The van der Waals surface area contributed by atoms with Crippen LogP contribution in [0.25, 0.3) is 0 Å². The number of rotatable bonds is 0. The molecule has 0 aromatic carbocycles. The Morgan fingerprint density at radius 2 is 0.667 bits per heavy atom. The molecule has 0 amide bonds. The first-order chi connectivity index (χ1) is 6.00. The Kier molecular flexibility index (Phi) is 14.1. The molecule has 0 rings (SSSR count). The van der Waals surface area contributed by atoms with E-state index in [1.807, 2.05) is 0 Å². The van der Waals surface area contributed by atoms with E-state index in [1.165, 1.54) is 0 Å². The molecule has 98 valence electrons. The summed E-state index contributed by atoms with van der Waals surface area (Å²) in [4.78, 5) is 0. The van der Waals surface area contributed by atoms with Gasteiger partial charge in [-0.3, -0.25) is 0 Å². The van der Waals surface area contributed by atoms with Crippen LogP contribution in [0.3, 0.4) is 0 Å². The van der Waals surface area contributed by atoms with E-state index >= 15 is 0 Å². The van der Waals surface area contributed by atoms with Gasteiger partial charge < -0.3 is 9.13 Å². The van der Waals surface area contributed by atoms with Crippen molar-refractivity contribution in [2.75, 3.05) is 40.0 Å². The molecule has 9 heteroatoms. The van der Waals surface area contributed by atoms with E-state index in [2.05, 4.69) is 0 Å². The first-order valence-corrected chi connectivity index (χ1v) is 21.6. The van der Waals surface area contributed by atoms with E-state index in [0.717, 1.165) is 0 Å². The van der Waals surface area contributed by atoms with Crippen LogP contribution in [-0.2, 0) is 9.13 Å². The van der Waals surface area contributed by atoms with Gasteiger partial charge in [0.1, 0.15) is 0 Å². The van der Waals surface area contributed by atoms with Crippen molar-refractivity contribution in [3.05, 3.63) is 0 Å². The minimum atomic E-state index is -3.13. The molecule has 0 spiro atoms. The van der Waals surface area contributed by atoms with Gasteiger partial charge >= 0.3 is 49.6 Å². The van der Waals surface area contributed by atoms with Gasteiger partial charge in [-0.15, -0.1) is 0 Å². The van der Waals surface area contributed by atoms with Crippen molar-refractivity contribution in [1.82, 2.24) is 0 Å². The maximum atomic E-state index is 10.2. The van der Waals surface area contributed by atoms with Gasteiger partial charge in [-0.2, -0.15) is 0 Å². The first kappa shape index (κ1) is 22.6. The first-order valence-electron chi connectivity index (χ1n) is 3.67. The second kappa shape index (κ2) is 9.35. The van der Waals surface area contributed by atoms with Crippen LogP contribution >= 0.6 is 50.1 Å². The average Bonchev–Trinajstić information content (AvgIpc) is 1.41. The summed E-state index contributed by atoms with van der Waals surface area (Å²) in [6.07, 6.45) is 0. The Morgan fingerprint density at radius 3 is 0.667 bits per heavy atom. The fourth-order valence-electron chi connectivity index (χ4n) is 0. The molecule has 0 saturated carbocycles. The third-order valence-corrected chi connectivity index (χ3v) is 0. The SMILES string of the molecule is CP(C)(C)=O.CP(C)(C)=O.Cl[Te](Cl)(Cl)Cl. The van der Waals surface area contributed by atoms with Crippen LogP contribution < -0.4 is 0 Å². The molecule has 0 aromatic rings. The van der Waals surface area contributed by atoms with E-state index in [0.29, 0.717) is 0 Å². The van der Waals surface area contributed by atoms with Gasteiger partial charge in [0.25, 0.3) is 0 Å². The van der Waals surface area contributed by atoms with E-state index in [1.54, 1.807) is 40.0 Å². The van der Waals surface area contributed by atoms with Gasteiger partial charge in [-0.05, 0) is 40.0 Å². The molecule has 0 bridgehead atoms. The van der Waals surface area contributed by atoms with Crippen LogP contribution in [0.1, 0.15) is 0 Å². The molecule has 0 aliphatic heterocycles. The van der Waals surface area contributed by atoms with Gasteiger partial charge in [0.2, 0.25) is 0 Å². The Morgan fingerprint density at radius 1 is 0.667 bits per heavy atom. The van der Waals surface area contributed by atoms with E-state index in [4.69, 9.17) is 35.9 Å². The summed E-state index contributed by atoms with van der Waals surface area (Å²) < 4.78 is 20.4. The molecule has 0 aromatic heterocycles. The second-order valence-corrected chi connectivity index (χ2v) is 32.5. The summed E-state index contributed by atoms with van der Waals surface area (Å²) in [6, 6.07) is 0. The fourth-order valence-corrected chi connectivity index (χ4v) is 0. The Bertz CT molecular complexity index is 199. The number of hydrogen-bond acceptors (Lipinski definition) is 2. The van der Waals surface area contributed by atoms with Gasteiger partial charge in [-0.1, -0.05) is 0 Å². The van der Waals surface area contributed by atoms with Crippen LogP contribution in [0.4, 0.5) is 0 Å². The second-order valence-electron chi connectivity index (χ2n) is 4.13. The summed E-state index contributed by atoms with van der Waals surface area (Å²) in [7, 11) is 16.8. The standard InChI is InChI=1S/2C3H9OP.Cl4Te/c3*1-5(2,3)4/h2*1-3H3;. The van der Waals surface area contributed by atoms with Gasteiger partial charge in [0, 0.05) is 0 Å². The van der Waals surface area contributed by atoms with Crippen LogP contribution in [0.15, 0.2) is 0 Å². The molecular weight excluding hydrogens is 435 g/mol. The van der Waals surface area contributed by atoms with Gasteiger partial charge in [0.05, 0.1) is 14.3 Å². The van der Waals surface area contributed by atoms with Crippen molar-refractivity contribution in [3.63, 3.8) is 0 Å². The van der Waals surface area contributed by atoms with Gasteiger partial charge in [-0.25, -0.2) is 0 Å². The average molecular weight is 454 g/mol. The molecule has 0 aliphatic carbocycles. The van der Waals surface area contributed by atoms with Crippen molar-refractivity contribution < 1.29 is 9.13 Å². The maximum absolute atomic E-state index is 10.2. The van der Waals surface area contributed by atoms with E-state index < -0.39 is 28.0 Å². The topological polar surface area (TPSA) is 34.1 Å². The third-order valence-electron chi connectivity index (χ3n) is 0. The number of halogens is 4. The Hall–Kier alpha value is 2.41. The monoisotopic (exact) mass is 454 g/mol. The van der Waals surface area contributed by atoms with Crippen LogP contribution in [-0.4, -0.2) is 53.7 Å². The molecule has 0 fully saturated rings. The van der Waals surface area contributed by atoms with Crippen molar-refractivity contribution >= 4 is 63.8 Å². The molecule has 2 nitrogen and oxygen atoms in total. The number of hydrogen-bond donors (Lipinski definition) is 0. The molecule has 0 radical (unpaired) electrons. The van der Waals surface area contributed by atoms with Crippen molar-refractivity contribution in [2.24, 2.45) is 0 Å². The Balaban J connectivity index is -0.000000144. The Labute approximate surface area is 112 Å². The predicted octanol–water partition coefficient (Wildman–Crippen LogP) is 4.86. The van der Waals surface area contributed by atoms with Crippen molar-refractivity contribution in [3.8, 4) is 0 Å². The zero-order valence-corrected chi connectivity index (χ0v) is 16.8. The quantitative estimate of drug-likeness (QED) is 0.388. The molecule has 0 aliphatic rings. The third kappa shape index (κ3) is 587. The zero-order chi connectivity index (χ0) is 13.5. The molecule has 0 atom stereocenters. The normalized spacial score (nSPS) is 12.9. The van der Waals surface area contributed by atoms with Crippen molar-refractivity contribution in [1.29, 1.82) is 0 Å². The molecule has 15 heavy (non-hydrogen) atoms.